The number of aromatic nitrogens is 2. The first kappa shape index (κ1) is 32.8. The third-order valence-corrected chi connectivity index (χ3v) is 11.3. The molecule has 0 aliphatic rings. The zero-order valence-corrected chi connectivity index (χ0v) is 31.2. The van der Waals surface area contributed by atoms with E-state index in [0.717, 1.165) is 28.4 Å². The van der Waals surface area contributed by atoms with Crippen LogP contribution in [0.3, 0.4) is 0 Å². The molecule has 0 aliphatic heterocycles. The molecule has 268 valence electrons. The fourth-order valence-corrected chi connectivity index (χ4v) is 8.79. The van der Waals surface area contributed by atoms with Crippen molar-refractivity contribution in [3.05, 3.63) is 224 Å². The highest BCUT2D eigenvalue weighted by Crippen LogP contribution is 2.44. The van der Waals surface area contributed by atoms with Crippen LogP contribution in [-0.2, 0) is 0 Å². The number of rotatable bonds is 7. The van der Waals surface area contributed by atoms with Gasteiger partial charge in [-0.25, -0.2) is 0 Å². The molecule has 2 aromatic heterocycles. The van der Waals surface area contributed by atoms with Gasteiger partial charge >= 0.3 is 0 Å². The van der Waals surface area contributed by atoms with Gasteiger partial charge in [0, 0.05) is 50.0 Å². The van der Waals surface area contributed by atoms with Gasteiger partial charge in [0.15, 0.2) is 0 Å². The molecule has 57 heavy (non-hydrogen) atoms. The van der Waals surface area contributed by atoms with Gasteiger partial charge in [-0.05, 0) is 101 Å². The van der Waals surface area contributed by atoms with E-state index in [9.17, 15) is 0 Å². The molecule has 0 unspecified atom stereocenters. The van der Waals surface area contributed by atoms with E-state index in [-0.39, 0.29) is 0 Å². The van der Waals surface area contributed by atoms with Crippen molar-refractivity contribution in [1.82, 2.24) is 9.13 Å². The van der Waals surface area contributed by atoms with Crippen molar-refractivity contribution in [2.45, 2.75) is 0 Å². The lowest BCUT2D eigenvalue weighted by Crippen LogP contribution is -2.10. The van der Waals surface area contributed by atoms with E-state index >= 15 is 0 Å². The Balaban J connectivity index is 1.18. The molecule has 11 aromatic rings. The average Bonchev–Trinajstić information content (AvgIpc) is 3.80. The fraction of sp³-hybridized carbons (Fsp3) is 0. The molecule has 3 nitrogen and oxygen atoms in total. The first-order chi connectivity index (χ1) is 28.3. The summed E-state index contributed by atoms with van der Waals surface area (Å²) in [5.41, 5.74) is 15.0. The summed E-state index contributed by atoms with van der Waals surface area (Å²) in [5.74, 6) is 0. The molecule has 3 heteroatoms. The topological polar surface area (TPSA) is 13.1 Å². The molecule has 11 rings (SSSR count). The van der Waals surface area contributed by atoms with Gasteiger partial charge in [-0.3, -0.25) is 0 Å². The summed E-state index contributed by atoms with van der Waals surface area (Å²) >= 11 is 0. The van der Waals surface area contributed by atoms with Crippen molar-refractivity contribution < 1.29 is 0 Å². The van der Waals surface area contributed by atoms with Crippen LogP contribution in [0, 0.1) is 0 Å². The number of hydrogen-bond donors (Lipinski definition) is 0. The van der Waals surface area contributed by atoms with Crippen molar-refractivity contribution in [3.63, 3.8) is 0 Å². The highest BCUT2D eigenvalue weighted by Gasteiger charge is 2.21. The van der Waals surface area contributed by atoms with E-state index in [1.54, 1.807) is 0 Å². The summed E-state index contributed by atoms with van der Waals surface area (Å²) < 4.78 is 4.81. The summed E-state index contributed by atoms with van der Waals surface area (Å²) in [6.07, 6.45) is 0. The SMILES string of the molecule is c1ccc(-c2cccc(N(c3cccc(-n4c5ccccc5c5ccccc54)c3)c3ccc4c(c3)c3c(-c5ccccc5)cccc3n4-c3ccccc3)c2)cc1. The molecule has 0 saturated carbocycles. The minimum Gasteiger partial charge on any atom is -0.310 e. The zero-order chi connectivity index (χ0) is 37.7. The Kier molecular flexibility index (Phi) is 7.82. The normalized spacial score (nSPS) is 11.5. The zero-order valence-electron chi connectivity index (χ0n) is 31.2. The lowest BCUT2D eigenvalue weighted by molar-refractivity contribution is 1.17. The number of anilines is 3. The summed E-state index contributed by atoms with van der Waals surface area (Å²) in [7, 11) is 0. The molecule has 0 atom stereocenters. The third-order valence-electron chi connectivity index (χ3n) is 11.3. The smallest absolute Gasteiger partial charge is 0.0547 e. The van der Waals surface area contributed by atoms with Gasteiger partial charge in [0.1, 0.15) is 0 Å². The molecule has 9 aromatic carbocycles. The van der Waals surface area contributed by atoms with Crippen molar-refractivity contribution in [2.24, 2.45) is 0 Å². The molecule has 0 fully saturated rings. The van der Waals surface area contributed by atoms with Crippen LogP contribution in [0.2, 0.25) is 0 Å². The number of nitrogens with zero attached hydrogens (tertiary/aromatic N) is 3. The van der Waals surface area contributed by atoms with E-state index in [4.69, 9.17) is 0 Å². The Morgan fingerprint density at radius 1 is 0.281 bits per heavy atom. The molecular formula is C54H37N3. The lowest BCUT2D eigenvalue weighted by atomic mass is 9.99. The first-order valence-corrected chi connectivity index (χ1v) is 19.5. The number of fused-ring (bicyclic) bond motifs is 6. The Hall–Kier alpha value is -7.62. The van der Waals surface area contributed by atoms with Gasteiger partial charge in [-0.15, -0.1) is 0 Å². The quantitative estimate of drug-likeness (QED) is 0.159. The van der Waals surface area contributed by atoms with Crippen LogP contribution in [0.1, 0.15) is 0 Å². The van der Waals surface area contributed by atoms with Crippen LogP contribution >= 0.6 is 0 Å². The Bertz CT molecular complexity index is 3180. The summed E-state index contributed by atoms with van der Waals surface area (Å²) in [4.78, 5) is 2.42. The minimum absolute atomic E-state index is 1.08. The van der Waals surface area contributed by atoms with Crippen molar-refractivity contribution in [2.75, 3.05) is 4.90 Å². The fourth-order valence-electron chi connectivity index (χ4n) is 8.79. The maximum atomic E-state index is 2.42. The lowest BCUT2D eigenvalue weighted by Gasteiger charge is -2.27. The molecular weight excluding hydrogens is 691 g/mol. The van der Waals surface area contributed by atoms with Crippen LogP contribution in [0.4, 0.5) is 17.1 Å². The van der Waals surface area contributed by atoms with E-state index in [0.29, 0.717) is 0 Å². The highest BCUT2D eigenvalue weighted by atomic mass is 15.1. The third kappa shape index (κ3) is 5.51. The van der Waals surface area contributed by atoms with Crippen LogP contribution in [0.5, 0.6) is 0 Å². The van der Waals surface area contributed by atoms with Crippen LogP contribution in [0.15, 0.2) is 224 Å². The van der Waals surface area contributed by atoms with Gasteiger partial charge in [0.2, 0.25) is 0 Å². The van der Waals surface area contributed by atoms with Crippen molar-refractivity contribution in [3.8, 4) is 33.6 Å². The molecule has 0 bridgehead atoms. The monoisotopic (exact) mass is 727 g/mol. The van der Waals surface area contributed by atoms with E-state index < -0.39 is 0 Å². The summed E-state index contributed by atoms with van der Waals surface area (Å²) in [6.45, 7) is 0. The minimum atomic E-state index is 1.08. The van der Waals surface area contributed by atoms with E-state index in [2.05, 4.69) is 238 Å². The Labute approximate surface area is 331 Å². The molecule has 0 amide bonds. The maximum absolute atomic E-state index is 2.42. The van der Waals surface area contributed by atoms with Gasteiger partial charge in [0.05, 0.1) is 22.1 Å². The Morgan fingerprint density at radius 2 is 0.772 bits per heavy atom. The van der Waals surface area contributed by atoms with Crippen molar-refractivity contribution in [1.29, 1.82) is 0 Å². The average molecular weight is 728 g/mol. The number of para-hydroxylation sites is 3. The summed E-state index contributed by atoms with van der Waals surface area (Å²) in [5, 5.41) is 4.94. The second-order valence-electron chi connectivity index (χ2n) is 14.6. The molecule has 0 radical (unpaired) electrons. The molecule has 2 heterocycles. The summed E-state index contributed by atoms with van der Waals surface area (Å²) in [6, 6.07) is 81.2. The van der Waals surface area contributed by atoms with Crippen LogP contribution in [-0.4, -0.2) is 9.13 Å². The van der Waals surface area contributed by atoms with Crippen LogP contribution < -0.4 is 4.90 Å². The maximum Gasteiger partial charge on any atom is 0.0547 e. The molecule has 0 aliphatic carbocycles. The van der Waals surface area contributed by atoms with Gasteiger partial charge in [-0.2, -0.15) is 0 Å². The highest BCUT2D eigenvalue weighted by molar-refractivity contribution is 6.17. The van der Waals surface area contributed by atoms with Crippen molar-refractivity contribution >= 4 is 60.7 Å². The largest absolute Gasteiger partial charge is 0.310 e. The Morgan fingerprint density at radius 3 is 1.49 bits per heavy atom. The van der Waals surface area contributed by atoms with E-state index in [1.807, 2.05) is 0 Å². The first-order valence-electron chi connectivity index (χ1n) is 19.5. The van der Waals surface area contributed by atoms with Gasteiger partial charge in [0.25, 0.3) is 0 Å². The predicted octanol–water partition coefficient (Wildman–Crippen LogP) is 14.7. The number of hydrogen-bond acceptors (Lipinski definition) is 1. The second-order valence-corrected chi connectivity index (χ2v) is 14.6. The predicted molar refractivity (Wildman–Crippen MR) is 241 cm³/mol. The van der Waals surface area contributed by atoms with Gasteiger partial charge in [-0.1, -0.05) is 146 Å². The number of benzene rings is 9. The van der Waals surface area contributed by atoms with Crippen LogP contribution in [0.25, 0.3) is 77.2 Å². The standard InChI is InChI=1S/C54H37N3/c1-4-17-38(18-5-1)40-21-14-24-42(35-40)55(43-25-15-26-44(36-43)57-50-30-12-10-27-47(50)48-28-11-13-31-51(48)57)45-33-34-52-49(37-45)54-46(39-19-6-2-7-20-39)29-16-32-53(54)56(52)41-22-8-3-9-23-41/h1-37H. The molecule has 0 saturated heterocycles. The molecule has 0 spiro atoms. The van der Waals surface area contributed by atoms with E-state index in [1.165, 1.54) is 65.9 Å². The molecule has 0 N–H and O–H groups in total. The van der Waals surface area contributed by atoms with Gasteiger partial charge < -0.3 is 14.0 Å². The second kappa shape index (κ2) is 13.6.